The monoisotopic (exact) mass is 678 g/mol. The predicted molar refractivity (Wildman–Crippen MR) is 164 cm³/mol. The van der Waals surface area contributed by atoms with E-state index < -0.39 is 38.5 Å². The first-order valence-corrected chi connectivity index (χ1v) is 16.6. The van der Waals surface area contributed by atoms with Crippen molar-refractivity contribution in [3.8, 4) is 5.75 Å². The highest BCUT2D eigenvalue weighted by Gasteiger charge is 2.34. The molecule has 0 saturated carbocycles. The topological polar surface area (TPSA) is 169 Å². The van der Waals surface area contributed by atoms with Gasteiger partial charge in [0.2, 0.25) is 0 Å². The van der Waals surface area contributed by atoms with Gasteiger partial charge in [-0.2, -0.15) is 16.8 Å². The number of carbonyl (C=O) groups is 3. The van der Waals surface area contributed by atoms with E-state index in [2.05, 4.69) is 18.2 Å². The number of benzene rings is 3. The van der Waals surface area contributed by atoms with Crippen LogP contribution < -0.4 is 18.7 Å². The first kappa shape index (κ1) is 34.1. The number of rotatable bonds is 12. The highest BCUT2D eigenvalue weighted by molar-refractivity contribution is 7.88. The lowest BCUT2D eigenvalue weighted by atomic mass is 10.2. The number of amides is 1. The van der Waals surface area contributed by atoms with Gasteiger partial charge in [-0.3, -0.25) is 9.69 Å². The molecule has 0 radical (unpaired) electrons. The summed E-state index contributed by atoms with van der Waals surface area (Å²) >= 11 is 0. The van der Waals surface area contributed by atoms with Crippen LogP contribution >= 0.6 is 0 Å². The molecule has 14 nitrogen and oxygen atoms in total. The maximum absolute atomic E-state index is 13.3. The van der Waals surface area contributed by atoms with Crippen molar-refractivity contribution in [2.45, 2.75) is 6.42 Å². The second-order valence-corrected chi connectivity index (χ2v) is 12.6. The summed E-state index contributed by atoms with van der Waals surface area (Å²) in [7, 11) is -8.75. The summed E-state index contributed by atoms with van der Waals surface area (Å²) in [5.41, 5.74) is 0.882. The third-order valence-corrected chi connectivity index (χ3v) is 8.92. The summed E-state index contributed by atoms with van der Waals surface area (Å²) in [5, 5.41) is 0. The van der Waals surface area contributed by atoms with Crippen LogP contribution in [0.15, 0.2) is 78.9 Å². The van der Waals surface area contributed by atoms with Crippen LogP contribution in [0.3, 0.4) is 0 Å². The van der Waals surface area contributed by atoms with E-state index in [0.717, 1.165) is 9.99 Å². The molecule has 46 heavy (non-hydrogen) atoms. The molecule has 0 aliphatic carbocycles. The van der Waals surface area contributed by atoms with Crippen molar-refractivity contribution in [3.05, 3.63) is 90.2 Å². The Morgan fingerprint density at radius 2 is 1.43 bits per heavy atom. The number of hydrogen-bond acceptors (Lipinski definition) is 12. The van der Waals surface area contributed by atoms with Crippen LogP contribution in [-0.2, 0) is 38.6 Å². The molecule has 4 rings (SSSR count). The number of nitrogens with zero attached hydrogens (tertiary/aromatic N) is 3. The minimum Gasteiger partial charge on any atom is -0.497 e. The Balaban J connectivity index is 1.37. The second-order valence-electron chi connectivity index (χ2n) is 9.88. The molecule has 0 bridgehead atoms. The van der Waals surface area contributed by atoms with Crippen LogP contribution in [0.5, 0.6) is 5.75 Å². The van der Waals surface area contributed by atoms with Crippen LogP contribution in [0.25, 0.3) is 0 Å². The summed E-state index contributed by atoms with van der Waals surface area (Å²) in [4.78, 5) is 40.9. The molecule has 0 spiro atoms. The number of methoxy groups -OCH3 is 1. The van der Waals surface area contributed by atoms with Gasteiger partial charge in [-0.15, -0.1) is 0 Å². The minimum atomic E-state index is -5.16. The number of halogens is 1. The molecule has 17 heteroatoms. The molecule has 0 aromatic heterocycles. The Labute approximate surface area is 265 Å². The van der Waals surface area contributed by atoms with Crippen molar-refractivity contribution >= 4 is 49.8 Å². The first-order chi connectivity index (χ1) is 21.9. The van der Waals surface area contributed by atoms with Crippen LogP contribution in [0.2, 0.25) is 0 Å². The minimum absolute atomic E-state index is 0.0749. The zero-order valence-corrected chi connectivity index (χ0v) is 26.2. The molecule has 246 valence electrons. The number of hydrogen-bond donors (Lipinski definition) is 1. The van der Waals surface area contributed by atoms with Gasteiger partial charge in [0.25, 0.3) is 5.91 Å². The van der Waals surface area contributed by atoms with Crippen LogP contribution in [0.1, 0.15) is 16.8 Å². The fourth-order valence-corrected chi connectivity index (χ4v) is 6.26. The first-order valence-electron chi connectivity index (χ1n) is 13.9. The number of carbonyl (C=O) groups excluding carboxylic acids is 3. The summed E-state index contributed by atoms with van der Waals surface area (Å²) in [6.07, 6.45) is 0.281. The van der Waals surface area contributed by atoms with Gasteiger partial charge in [-0.1, -0.05) is 18.2 Å². The summed E-state index contributed by atoms with van der Waals surface area (Å²) in [6.45, 7) is 2.93. The van der Waals surface area contributed by atoms with Gasteiger partial charge < -0.3 is 18.0 Å². The molecule has 1 heterocycles. The van der Waals surface area contributed by atoms with Gasteiger partial charge in [-0.05, 0) is 67.1 Å². The van der Waals surface area contributed by atoms with Crippen molar-refractivity contribution in [1.82, 2.24) is 9.62 Å². The molecule has 0 unspecified atom stereocenters. The molecule has 1 N–H and O–H groups in total. The quantitative estimate of drug-likeness (QED) is 0.277. The summed E-state index contributed by atoms with van der Waals surface area (Å²) in [6, 6.07) is 19.0. The molecule has 1 saturated heterocycles. The molecule has 1 fully saturated rings. The zero-order chi connectivity index (χ0) is 33.3. The molecule has 3 aromatic rings. The van der Waals surface area contributed by atoms with Crippen molar-refractivity contribution in [3.63, 3.8) is 0 Å². The lowest BCUT2D eigenvalue weighted by molar-refractivity contribution is -0.155. The standard InChI is InChI=1S/C29H31FN4O10S2/c1-42-26-14-12-25(13-15-26)34(17-5-16-32-18-20-33(21-19-32)24-10-8-23(30)9-11-24)46(40,41)44-29(37)28(36)43-45(38,39)31-27(35)22-6-3-2-4-7-22/h2-4,6-15H,5,16-21H2,1H3,(H,31,35). The maximum Gasteiger partial charge on any atom is 0.435 e. The van der Waals surface area contributed by atoms with Crippen molar-refractivity contribution in [1.29, 1.82) is 0 Å². The molecular formula is C29H31FN4O10S2. The molecule has 0 atom stereocenters. The third kappa shape index (κ3) is 9.38. The average molecular weight is 679 g/mol. The van der Waals surface area contributed by atoms with E-state index in [1.54, 1.807) is 18.2 Å². The Kier molecular flexibility index (Phi) is 11.2. The van der Waals surface area contributed by atoms with Gasteiger partial charge in [0.1, 0.15) is 11.6 Å². The van der Waals surface area contributed by atoms with Crippen LogP contribution in [0, 0.1) is 5.82 Å². The van der Waals surface area contributed by atoms with Crippen molar-refractivity contribution in [2.24, 2.45) is 0 Å². The fraction of sp³-hybridized carbons (Fsp3) is 0.276. The van der Waals surface area contributed by atoms with Crippen molar-refractivity contribution < 1.29 is 48.7 Å². The normalized spacial score (nSPS) is 13.8. The smallest absolute Gasteiger partial charge is 0.435 e. The van der Waals surface area contributed by atoms with Crippen LogP contribution in [0.4, 0.5) is 15.8 Å². The van der Waals surface area contributed by atoms with Crippen LogP contribution in [-0.4, -0.2) is 86.0 Å². The number of piperazine rings is 1. The molecular weight excluding hydrogens is 647 g/mol. The van der Waals surface area contributed by atoms with E-state index in [9.17, 15) is 35.6 Å². The van der Waals surface area contributed by atoms with Crippen molar-refractivity contribution in [2.75, 3.05) is 55.6 Å². The van der Waals surface area contributed by atoms with Gasteiger partial charge >= 0.3 is 32.5 Å². The summed E-state index contributed by atoms with van der Waals surface area (Å²) < 4.78 is 79.8. The molecule has 1 amide bonds. The number of anilines is 2. The van der Waals surface area contributed by atoms with Gasteiger partial charge in [0.05, 0.1) is 12.8 Å². The Morgan fingerprint density at radius 1 is 0.826 bits per heavy atom. The fourth-order valence-electron chi connectivity index (χ4n) is 4.53. The highest BCUT2D eigenvalue weighted by Crippen LogP contribution is 2.24. The van der Waals surface area contributed by atoms with E-state index in [4.69, 9.17) is 4.74 Å². The maximum atomic E-state index is 13.3. The molecule has 3 aromatic carbocycles. The Bertz CT molecular complexity index is 1730. The van der Waals surface area contributed by atoms with E-state index >= 15 is 0 Å². The third-order valence-electron chi connectivity index (χ3n) is 6.82. The Hall–Kier alpha value is -4.74. The van der Waals surface area contributed by atoms with E-state index in [1.165, 1.54) is 72.5 Å². The van der Waals surface area contributed by atoms with Gasteiger partial charge in [0, 0.05) is 50.5 Å². The molecule has 1 aliphatic heterocycles. The lowest BCUT2D eigenvalue weighted by Crippen LogP contribution is -2.47. The van der Waals surface area contributed by atoms with Gasteiger partial charge in [-0.25, -0.2) is 23.0 Å². The summed E-state index contributed by atoms with van der Waals surface area (Å²) in [5.74, 6) is -5.39. The predicted octanol–water partition coefficient (Wildman–Crippen LogP) is 1.86. The lowest BCUT2D eigenvalue weighted by Gasteiger charge is -2.36. The van der Waals surface area contributed by atoms with E-state index in [0.29, 0.717) is 38.5 Å². The molecule has 1 aliphatic rings. The number of nitrogens with one attached hydrogen (secondary N) is 1. The second kappa shape index (κ2) is 15.0. The average Bonchev–Trinajstić information content (AvgIpc) is 3.03. The largest absolute Gasteiger partial charge is 0.497 e. The number of ether oxygens (including phenoxy) is 1. The van der Waals surface area contributed by atoms with Gasteiger partial charge in [0.15, 0.2) is 0 Å². The highest BCUT2D eigenvalue weighted by atomic mass is 32.2. The van der Waals surface area contributed by atoms with E-state index in [-0.39, 0.29) is 30.0 Å². The zero-order valence-electron chi connectivity index (χ0n) is 24.6. The SMILES string of the molecule is COc1ccc(N(CCCN2CCN(c3ccc(F)cc3)CC2)S(=O)(=O)OC(=O)C(=O)OS(=O)(=O)NC(=O)c2ccccc2)cc1. The Morgan fingerprint density at radius 3 is 2.04 bits per heavy atom. The van der Waals surface area contributed by atoms with E-state index in [1.807, 2.05) is 0 Å².